The molecule has 3 aromatic rings. The lowest BCUT2D eigenvalue weighted by molar-refractivity contribution is -0.137. The Kier molecular flexibility index (Phi) is 4.63. The van der Waals surface area contributed by atoms with Crippen molar-refractivity contribution in [2.24, 2.45) is 0 Å². The molecular formula is C18H12ClF3N2O. The molecule has 0 amide bonds. The lowest BCUT2D eigenvalue weighted by Gasteiger charge is -2.09. The second kappa shape index (κ2) is 6.72. The average molecular weight is 365 g/mol. The van der Waals surface area contributed by atoms with Crippen LogP contribution in [-0.4, -0.2) is 9.97 Å². The summed E-state index contributed by atoms with van der Waals surface area (Å²) in [6, 6.07) is 13.3. The van der Waals surface area contributed by atoms with Gasteiger partial charge in [0.25, 0.3) is 0 Å². The highest BCUT2D eigenvalue weighted by atomic mass is 35.5. The van der Waals surface area contributed by atoms with E-state index in [1.54, 1.807) is 30.3 Å². The van der Waals surface area contributed by atoms with Crippen molar-refractivity contribution < 1.29 is 17.9 Å². The number of nitrogens with zero attached hydrogens (tertiary/aromatic N) is 2. The van der Waals surface area contributed by atoms with Crippen molar-refractivity contribution in [2.75, 3.05) is 0 Å². The van der Waals surface area contributed by atoms with Gasteiger partial charge in [-0.2, -0.15) is 13.2 Å². The largest absolute Gasteiger partial charge is 0.457 e. The smallest absolute Gasteiger partial charge is 0.416 e. The molecule has 1 heterocycles. The van der Waals surface area contributed by atoms with E-state index in [2.05, 4.69) is 9.97 Å². The van der Waals surface area contributed by atoms with Crippen LogP contribution >= 0.6 is 11.6 Å². The molecule has 128 valence electrons. The molecule has 0 saturated carbocycles. The van der Waals surface area contributed by atoms with Crippen LogP contribution in [0.25, 0.3) is 11.3 Å². The summed E-state index contributed by atoms with van der Waals surface area (Å²) in [5.41, 5.74) is 1.54. The Bertz CT molecular complexity index is 858. The van der Waals surface area contributed by atoms with Crippen LogP contribution in [0.3, 0.4) is 0 Å². The molecule has 3 nitrogen and oxygen atoms in total. The van der Waals surface area contributed by atoms with Crippen LogP contribution in [0.2, 0.25) is 5.28 Å². The third kappa shape index (κ3) is 4.28. The Balaban J connectivity index is 1.76. The van der Waals surface area contributed by atoms with Crippen molar-refractivity contribution in [3.8, 4) is 22.8 Å². The zero-order valence-electron chi connectivity index (χ0n) is 13.0. The fourth-order valence-electron chi connectivity index (χ4n) is 2.22. The minimum Gasteiger partial charge on any atom is -0.457 e. The molecule has 0 unspecified atom stereocenters. The number of rotatable bonds is 3. The summed E-state index contributed by atoms with van der Waals surface area (Å²) in [6.45, 7) is 1.82. The van der Waals surface area contributed by atoms with Crippen LogP contribution in [0.5, 0.6) is 11.5 Å². The maximum atomic E-state index is 12.5. The van der Waals surface area contributed by atoms with Crippen LogP contribution in [0.1, 0.15) is 11.3 Å². The lowest BCUT2D eigenvalue weighted by Crippen LogP contribution is -2.03. The number of halogens is 4. The van der Waals surface area contributed by atoms with Crippen LogP contribution < -0.4 is 4.74 Å². The van der Waals surface area contributed by atoms with E-state index in [0.29, 0.717) is 17.2 Å². The minimum absolute atomic E-state index is 0.167. The van der Waals surface area contributed by atoms with Crippen molar-refractivity contribution in [1.82, 2.24) is 9.97 Å². The molecule has 0 saturated heterocycles. The van der Waals surface area contributed by atoms with Gasteiger partial charge in [-0.1, -0.05) is 0 Å². The van der Waals surface area contributed by atoms with Gasteiger partial charge in [-0.3, -0.25) is 0 Å². The summed E-state index contributed by atoms with van der Waals surface area (Å²) in [5, 5.41) is 0.167. The molecule has 7 heteroatoms. The minimum atomic E-state index is -4.36. The fraction of sp³-hybridized carbons (Fsp3) is 0.111. The first kappa shape index (κ1) is 17.2. The summed E-state index contributed by atoms with van der Waals surface area (Å²) in [6.07, 6.45) is -4.36. The molecule has 2 aromatic carbocycles. The first-order valence-electron chi connectivity index (χ1n) is 7.28. The van der Waals surface area contributed by atoms with Gasteiger partial charge in [-0.25, -0.2) is 9.97 Å². The van der Waals surface area contributed by atoms with Crippen LogP contribution in [-0.2, 0) is 6.18 Å². The highest BCUT2D eigenvalue weighted by Gasteiger charge is 2.30. The van der Waals surface area contributed by atoms with Crippen LogP contribution in [0.4, 0.5) is 13.2 Å². The summed E-state index contributed by atoms with van der Waals surface area (Å²) >= 11 is 5.86. The maximum Gasteiger partial charge on any atom is 0.416 e. The third-order valence-electron chi connectivity index (χ3n) is 3.39. The van der Waals surface area contributed by atoms with Gasteiger partial charge in [0.1, 0.15) is 11.5 Å². The Labute approximate surface area is 147 Å². The Hall–Kier alpha value is -2.60. The molecule has 0 fully saturated rings. The van der Waals surface area contributed by atoms with Gasteiger partial charge >= 0.3 is 6.18 Å². The van der Waals surface area contributed by atoms with E-state index < -0.39 is 11.7 Å². The monoisotopic (exact) mass is 364 g/mol. The van der Waals surface area contributed by atoms with E-state index in [4.69, 9.17) is 16.3 Å². The quantitative estimate of drug-likeness (QED) is 0.541. The van der Waals surface area contributed by atoms with E-state index in [0.717, 1.165) is 23.4 Å². The van der Waals surface area contributed by atoms with Crippen molar-refractivity contribution in [3.05, 3.63) is 71.1 Å². The molecular weight excluding hydrogens is 353 g/mol. The molecule has 0 atom stereocenters. The van der Waals surface area contributed by atoms with Gasteiger partial charge < -0.3 is 4.74 Å². The van der Waals surface area contributed by atoms with Gasteiger partial charge in [0, 0.05) is 11.3 Å². The molecule has 0 radical (unpaired) electrons. The topological polar surface area (TPSA) is 35.0 Å². The van der Waals surface area contributed by atoms with E-state index >= 15 is 0 Å². The van der Waals surface area contributed by atoms with Gasteiger partial charge in [0.15, 0.2) is 0 Å². The number of alkyl halides is 3. The van der Waals surface area contributed by atoms with Crippen molar-refractivity contribution in [2.45, 2.75) is 13.1 Å². The van der Waals surface area contributed by atoms with Crippen LogP contribution in [0.15, 0.2) is 54.6 Å². The number of aryl methyl sites for hydroxylation is 1. The number of hydrogen-bond acceptors (Lipinski definition) is 3. The van der Waals surface area contributed by atoms with Crippen molar-refractivity contribution >= 4 is 11.6 Å². The maximum absolute atomic E-state index is 12.5. The first-order chi connectivity index (χ1) is 11.8. The number of aromatic nitrogens is 2. The molecule has 0 spiro atoms. The number of ether oxygens (including phenoxy) is 1. The summed E-state index contributed by atoms with van der Waals surface area (Å²) in [5.74, 6) is 0.821. The highest BCUT2D eigenvalue weighted by molar-refractivity contribution is 6.28. The average Bonchev–Trinajstić information content (AvgIpc) is 2.54. The lowest BCUT2D eigenvalue weighted by atomic mass is 10.1. The highest BCUT2D eigenvalue weighted by Crippen LogP contribution is 2.31. The molecule has 1 aromatic heterocycles. The SMILES string of the molecule is Cc1cc(-c2ccc(Oc3ccc(C(F)(F)F)cc3)cc2)nc(Cl)n1. The van der Waals surface area contributed by atoms with Crippen molar-refractivity contribution in [1.29, 1.82) is 0 Å². The normalized spacial score (nSPS) is 11.4. The van der Waals surface area contributed by atoms with E-state index in [1.165, 1.54) is 12.1 Å². The van der Waals surface area contributed by atoms with Gasteiger partial charge in [-0.05, 0) is 73.1 Å². The van der Waals surface area contributed by atoms with E-state index in [-0.39, 0.29) is 5.28 Å². The predicted octanol–water partition coefficient (Wildman–Crippen LogP) is 5.92. The third-order valence-corrected chi connectivity index (χ3v) is 3.56. The van der Waals surface area contributed by atoms with Crippen LogP contribution in [0, 0.1) is 6.92 Å². The molecule has 0 aliphatic heterocycles. The second-order valence-electron chi connectivity index (χ2n) is 5.31. The Morgan fingerprint density at radius 1 is 0.880 bits per heavy atom. The summed E-state index contributed by atoms with van der Waals surface area (Å²) in [4.78, 5) is 8.16. The van der Waals surface area contributed by atoms with E-state index in [9.17, 15) is 13.2 Å². The molecule has 3 rings (SSSR count). The van der Waals surface area contributed by atoms with Gasteiger partial charge in [-0.15, -0.1) is 0 Å². The zero-order valence-corrected chi connectivity index (χ0v) is 13.8. The van der Waals surface area contributed by atoms with Gasteiger partial charge in [0.05, 0.1) is 11.3 Å². The summed E-state index contributed by atoms with van der Waals surface area (Å²) < 4.78 is 43.2. The molecule has 0 bridgehead atoms. The number of hydrogen-bond donors (Lipinski definition) is 0. The Morgan fingerprint density at radius 2 is 1.44 bits per heavy atom. The Morgan fingerprint density at radius 3 is 1.96 bits per heavy atom. The zero-order chi connectivity index (χ0) is 18.0. The fourth-order valence-corrected chi connectivity index (χ4v) is 2.45. The molecule has 0 N–H and O–H groups in total. The standard InChI is InChI=1S/C18H12ClF3N2O/c1-11-10-16(24-17(19)23-11)12-2-6-14(7-3-12)25-15-8-4-13(5-9-15)18(20,21)22/h2-10H,1H3. The molecule has 0 aliphatic carbocycles. The van der Waals surface area contributed by atoms with E-state index in [1.807, 2.05) is 6.92 Å². The second-order valence-corrected chi connectivity index (χ2v) is 5.65. The molecule has 25 heavy (non-hydrogen) atoms. The first-order valence-corrected chi connectivity index (χ1v) is 7.66. The molecule has 0 aliphatic rings. The predicted molar refractivity (Wildman–Crippen MR) is 88.7 cm³/mol. The number of benzene rings is 2. The summed E-state index contributed by atoms with van der Waals surface area (Å²) in [7, 11) is 0. The van der Waals surface area contributed by atoms with Gasteiger partial charge in [0.2, 0.25) is 5.28 Å². The van der Waals surface area contributed by atoms with Crippen molar-refractivity contribution in [3.63, 3.8) is 0 Å².